The second-order valence-electron chi connectivity index (χ2n) is 7.20. The van der Waals surface area contributed by atoms with E-state index in [0.717, 1.165) is 12.8 Å². The highest BCUT2D eigenvalue weighted by Gasteiger charge is 2.28. The first-order valence-corrected chi connectivity index (χ1v) is 10.7. The molecule has 0 saturated carbocycles. The molecule has 0 spiro atoms. The van der Waals surface area contributed by atoms with Gasteiger partial charge in [-0.2, -0.15) is 4.31 Å². The molecule has 7 nitrogen and oxygen atoms in total. The summed E-state index contributed by atoms with van der Waals surface area (Å²) in [5, 5.41) is 0. The van der Waals surface area contributed by atoms with Crippen molar-refractivity contribution in [3.63, 3.8) is 0 Å². The highest BCUT2D eigenvalue weighted by Crippen LogP contribution is 2.21. The zero-order chi connectivity index (χ0) is 20.2. The van der Waals surface area contributed by atoms with Crippen molar-refractivity contribution in [3.05, 3.63) is 29.8 Å². The van der Waals surface area contributed by atoms with E-state index < -0.39 is 16.0 Å². The van der Waals surface area contributed by atoms with E-state index in [1.165, 1.54) is 28.6 Å². The number of amides is 1. The summed E-state index contributed by atoms with van der Waals surface area (Å²) in [6, 6.07) is 5.75. The minimum absolute atomic E-state index is 0.00914. The van der Waals surface area contributed by atoms with Gasteiger partial charge in [0.15, 0.2) is 6.61 Å². The molecule has 0 atom stereocenters. The van der Waals surface area contributed by atoms with E-state index in [-0.39, 0.29) is 35.1 Å². The van der Waals surface area contributed by atoms with Crippen LogP contribution in [0.1, 0.15) is 50.9 Å². The summed E-state index contributed by atoms with van der Waals surface area (Å²) in [6.45, 7) is 8.19. The molecule has 8 heteroatoms. The maximum absolute atomic E-state index is 12.6. The Bertz CT molecular complexity index is 775. The summed E-state index contributed by atoms with van der Waals surface area (Å²) in [4.78, 5) is 26.3. The summed E-state index contributed by atoms with van der Waals surface area (Å²) in [5.74, 6) is -0.997. The van der Waals surface area contributed by atoms with Crippen LogP contribution in [0.2, 0.25) is 0 Å². The molecule has 150 valence electrons. The summed E-state index contributed by atoms with van der Waals surface area (Å²) in [5.41, 5.74) is 0.115. The van der Waals surface area contributed by atoms with E-state index in [1.807, 2.05) is 27.7 Å². The molecular weight excluding hydrogens is 368 g/mol. The molecule has 0 aromatic heterocycles. The molecule has 0 N–H and O–H groups in total. The molecule has 1 fully saturated rings. The Morgan fingerprint density at radius 2 is 1.70 bits per heavy atom. The summed E-state index contributed by atoms with van der Waals surface area (Å²) in [6.07, 6.45) is 1.68. The Labute approximate surface area is 161 Å². The van der Waals surface area contributed by atoms with Crippen molar-refractivity contribution in [3.8, 4) is 0 Å². The van der Waals surface area contributed by atoms with Gasteiger partial charge in [-0.05, 0) is 58.7 Å². The standard InChI is InChI=1S/C19H28N2O5S/c1-14(2)21(15(3)4)18(22)13-26-19(23)16-8-7-9-17(12-16)27(24,25)20-10-5-6-11-20/h7-9,12,14-15H,5-6,10-11,13H2,1-4H3. The van der Waals surface area contributed by atoms with Crippen LogP contribution in [-0.2, 0) is 19.6 Å². The van der Waals surface area contributed by atoms with Crippen LogP contribution in [0.3, 0.4) is 0 Å². The zero-order valence-corrected chi connectivity index (χ0v) is 17.2. The predicted octanol–water partition coefficient (Wildman–Crippen LogP) is 2.27. The Morgan fingerprint density at radius 1 is 1.11 bits per heavy atom. The van der Waals surface area contributed by atoms with E-state index in [0.29, 0.717) is 13.1 Å². The maximum atomic E-state index is 12.6. The molecule has 2 rings (SSSR count). The van der Waals surface area contributed by atoms with Crippen molar-refractivity contribution >= 4 is 21.9 Å². The second kappa shape index (κ2) is 8.84. The van der Waals surface area contributed by atoms with Crippen LogP contribution >= 0.6 is 0 Å². The Kier molecular flexibility index (Phi) is 7.00. The lowest BCUT2D eigenvalue weighted by Gasteiger charge is -2.30. The third-order valence-corrected chi connectivity index (χ3v) is 6.39. The number of ether oxygens (including phenoxy) is 1. The van der Waals surface area contributed by atoms with Gasteiger partial charge in [-0.1, -0.05) is 6.07 Å². The summed E-state index contributed by atoms with van der Waals surface area (Å²) < 4.78 is 31.8. The van der Waals surface area contributed by atoms with Crippen LogP contribution in [0.25, 0.3) is 0 Å². The van der Waals surface area contributed by atoms with E-state index >= 15 is 0 Å². The Morgan fingerprint density at radius 3 is 2.26 bits per heavy atom. The van der Waals surface area contributed by atoms with Crippen LogP contribution < -0.4 is 0 Å². The number of benzene rings is 1. The lowest BCUT2D eigenvalue weighted by atomic mass is 10.2. The average molecular weight is 397 g/mol. The van der Waals surface area contributed by atoms with Crippen LogP contribution in [0.15, 0.2) is 29.2 Å². The van der Waals surface area contributed by atoms with Gasteiger partial charge in [0.1, 0.15) is 0 Å². The SMILES string of the molecule is CC(C)N(C(=O)COC(=O)c1cccc(S(=O)(=O)N2CCCC2)c1)C(C)C. The quantitative estimate of drug-likeness (QED) is 0.660. The van der Waals surface area contributed by atoms with Gasteiger partial charge in [-0.25, -0.2) is 13.2 Å². The normalized spacial score (nSPS) is 15.3. The first-order valence-electron chi connectivity index (χ1n) is 9.23. The Balaban J connectivity index is 2.08. The van der Waals surface area contributed by atoms with Gasteiger partial charge in [-0.15, -0.1) is 0 Å². The fourth-order valence-electron chi connectivity index (χ4n) is 3.32. The van der Waals surface area contributed by atoms with Gasteiger partial charge in [-0.3, -0.25) is 4.79 Å². The van der Waals surface area contributed by atoms with Gasteiger partial charge in [0.25, 0.3) is 5.91 Å². The molecule has 1 aromatic carbocycles. The first-order chi connectivity index (χ1) is 12.6. The fourth-order valence-corrected chi connectivity index (χ4v) is 4.88. The third-order valence-electron chi connectivity index (χ3n) is 4.50. The smallest absolute Gasteiger partial charge is 0.338 e. The topological polar surface area (TPSA) is 84.0 Å². The monoisotopic (exact) mass is 396 g/mol. The van der Waals surface area contributed by atoms with Gasteiger partial charge < -0.3 is 9.64 Å². The molecule has 27 heavy (non-hydrogen) atoms. The first kappa shape index (κ1) is 21.4. The van der Waals surface area contributed by atoms with Crippen molar-refractivity contribution in [1.29, 1.82) is 0 Å². The lowest BCUT2D eigenvalue weighted by molar-refractivity contribution is -0.138. The van der Waals surface area contributed by atoms with Crippen molar-refractivity contribution in [1.82, 2.24) is 9.21 Å². The van der Waals surface area contributed by atoms with E-state index in [9.17, 15) is 18.0 Å². The molecule has 1 aliphatic heterocycles. The molecule has 0 bridgehead atoms. The molecule has 1 heterocycles. The highest BCUT2D eigenvalue weighted by atomic mass is 32.2. The number of hydrogen-bond donors (Lipinski definition) is 0. The van der Waals surface area contributed by atoms with Crippen LogP contribution in [-0.4, -0.2) is 61.3 Å². The minimum atomic E-state index is -3.61. The van der Waals surface area contributed by atoms with Crippen LogP contribution in [0.5, 0.6) is 0 Å². The number of hydrogen-bond acceptors (Lipinski definition) is 5. The Hall–Kier alpha value is -1.93. The molecule has 0 unspecified atom stereocenters. The largest absolute Gasteiger partial charge is 0.452 e. The van der Waals surface area contributed by atoms with E-state index in [4.69, 9.17) is 4.74 Å². The molecular formula is C19H28N2O5S. The second-order valence-corrected chi connectivity index (χ2v) is 9.14. The fraction of sp³-hybridized carbons (Fsp3) is 0.579. The predicted molar refractivity (Wildman–Crippen MR) is 102 cm³/mol. The summed E-state index contributed by atoms with van der Waals surface area (Å²) >= 11 is 0. The van der Waals surface area contributed by atoms with Crippen molar-refractivity contribution in [2.45, 2.75) is 57.5 Å². The van der Waals surface area contributed by atoms with Crippen molar-refractivity contribution in [2.24, 2.45) is 0 Å². The van der Waals surface area contributed by atoms with Crippen LogP contribution in [0.4, 0.5) is 0 Å². The number of esters is 1. The maximum Gasteiger partial charge on any atom is 0.338 e. The van der Waals surface area contributed by atoms with Crippen molar-refractivity contribution in [2.75, 3.05) is 19.7 Å². The van der Waals surface area contributed by atoms with Crippen molar-refractivity contribution < 1.29 is 22.7 Å². The highest BCUT2D eigenvalue weighted by molar-refractivity contribution is 7.89. The molecule has 0 radical (unpaired) electrons. The van der Waals surface area contributed by atoms with Gasteiger partial charge in [0.2, 0.25) is 10.0 Å². The van der Waals surface area contributed by atoms with E-state index in [1.54, 1.807) is 4.90 Å². The molecule has 1 aliphatic rings. The number of carbonyl (C=O) groups excluding carboxylic acids is 2. The zero-order valence-electron chi connectivity index (χ0n) is 16.3. The van der Waals surface area contributed by atoms with Gasteiger partial charge in [0.05, 0.1) is 10.5 Å². The number of carbonyl (C=O) groups is 2. The lowest BCUT2D eigenvalue weighted by Crippen LogP contribution is -2.44. The molecule has 1 aromatic rings. The summed E-state index contributed by atoms with van der Waals surface area (Å²) in [7, 11) is -3.61. The third kappa shape index (κ3) is 5.07. The molecule has 1 amide bonds. The number of sulfonamides is 1. The van der Waals surface area contributed by atoms with Crippen LogP contribution in [0, 0.1) is 0 Å². The minimum Gasteiger partial charge on any atom is -0.452 e. The average Bonchev–Trinajstić information content (AvgIpc) is 3.14. The van der Waals surface area contributed by atoms with Gasteiger partial charge >= 0.3 is 5.97 Å². The molecule has 1 saturated heterocycles. The van der Waals surface area contributed by atoms with Gasteiger partial charge in [0, 0.05) is 25.2 Å². The number of nitrogens with zero attached hydrogens (tertiary/aromatic N) is 2. The number of rotatable bonds is 7. The van der Waals surface area contributed by atoms with E-state index in [2.05, 4.69) is 0 Å². The molecule has 0 aliphatic carbocycles.